The van der Waals surface area contributed by atoms with Crippen LogP contribution >= 0.6 is 36.2 Å². The summed E-state index contributed by atoms with van der Waals surface area (Å²) in [6, 6.07) is 2.15. The Labute approximate surface area is 165 Å². The Bertz CT molecular complexity index is 687. The molecular formula is C17H26Cl2N4OS. The predicted octanol–water partition coefficient (Wildman–Crippen LogP) is 3.64. The third-order valence-electron chi connectivity index (χ3n) is 4.81. The number of aromatic nitrogens is 2. The highest BCUT2D eigenvalue weighted by molar-refractivity contribution is 7.12. The van der Waals surface area contributed by atoms with E-state index in [2.05, 4.69) is 10.3 Å². The van der Waals surface area contributed by atoms with Crippen molar-refractivity contribution in [3.05, 3.63) is 34.6 Å². The van der Waals surface area contributed by atoms with Gasteiger partial charge in [-0.1, -0.05) is 12.8 Å². The average Bonchev–Trinajstić information content (AvgIpc) is 3.15. The number of halogens is 2. The minimum Gasteiger partial charge on any atom is -0.349 e. The third-order valence-corrected chi connectivity index (χ3v) is 5.57. The number of rotatable bonds is 4. The second-order valence-electron chi connectivity index (χ2n) is 6.30. The topological polar surface area (TPSA) is 72.9 Å². The van der Waals surface area contributed by atoms with Gasteiger partial charge in [0, 0.05) is 29.0 Å². The fourth-order valence-electron chi connectivity index (χ4n) is 3.54. The number of hydrogen-bond donors (Lipinski definition) is 2. The second kappa shape index (κ2) is 9.57. The van der Waals surface area contributed by atoms with Crippen LogP contribution in [-0.4, -0.2) is 28.0 Å². The standard InChI is InChI=1S/C17H24N4OS.2ClH/c1-11-9-14(12(2)21(11)17-19-7-8-23-17)16(22)20-15-6-4-3-5-13(15)10-18;;/h7-9,13,15H,3-6,10,18H2,1-2H3,(H,20,22);2*1H. The van der Waals surface area contributed by atoms with E-state index >= 15 is 0 Å². The van der Waals surface area contributed by atoms with Gasteiger partial charge in [0.2, 0.25) is 0 Å². The van der Waals surface area contributed by atoms with Crippen molar-refractivity contribution in [3.8, 4) is 5.13 Å². The Balaban J connectivity index is 0.00000156. The molecule has 0 saturated heterocycles. The van der Waals surface area contributed by atoms with Crippen molar-refractivity contribution < 1.29 is 4.79 Å². The zero-order valence-electron chi connectivity index (χ0n) is 14.5. The molecule has 3 N–H and O–H groups in total. The predicted molar refractivity (Wildman–Crippen MR) is 108 cm³/mol. The van der Waals surface area contributed by atoms with Crippen molar-refractivity contribution in [3.63, 3.8) is 0 Å². The summed E-state index contributed by atoms with van der Waals surface area (Å²) < 4.78 is 2.04. The molecule has 0 radical (unpaired) electrons. The molecule has 25 heavy (non-hydrogen) atoms. The summed E-state index contributed by atoms with van der Waals surface area (Å²) in [5, 5.41) is 6.06. The molecule has 5 nitrogen and oxygen atoms in total. The number of thiazole rings is 1. The molecule has 1 fully saturated rings. The van der Waals surface area contributed by atoms with Crippen LogP contribution in [0.4, 0.5) is 0 Å². The van der Waals surface area contributed by atoms with Crippen molar-refractivity contribution in [2.24, 2.45) is 11.7 Å². The molecule has 3 rings (SSSR count). The monoisotopic (exact) mass is 404 g/mol. The van der Waals surface area contributed by atoms with E-state index in [0.29, 0.717) is 12.5 Å². The molecule has 0 aliphatic heterocycles. The van der Waals surface area contributed by atoms with Gasteiger partial charge >= 0.3 is 0 Å². The summed E-state index contributed by atoms with van der Waals surface area (Å²) in [6.07, 6.45) is 6.30. The highest BCUT2D eigenvalue weighted by Crippen LogP contribution is 2.25. The lowest BCUT2D eigenvalue weighted by Crippen LogP contribution is -2.44. The molecule has 0 bridgehead atoms. The first kappa shape index (κ1) is 22.0. The third kappa shape index (κ3) is 4.56. The summed E-state index contributed by atoms with van der Waals surface area (Å²) in [5.74, 6) is 0.404. The number of nitrogens with one attached hydrogen (secondary N) is 1. The number of aryl methyl sites for hydroxylation is 1. The van der Waals surface area contributed by atoms with Gasteiger partial charge in [-0.3, -0.25) is 9.36 Å². The van der Waals surface area contributed by atoms with Crippen LogP contribution in [0.15, 0.2) is 17.6 Å². The Kier molecular flexibility index (Phi) is 8.41. The molecule has 1 aliphatic carbocycles. The number of nitrogens with zero attached hydrogens (tertiary/aromatic N) is 2. The van der Waals surface area contributed by atoms with Crippen LogP contribution in [0.5, 0.6) is 0 Å². The zero-order chi connectivity index (χ0) is 16.4. The summed E-state index contributed by atoms with van der Waals surface area (Å²) in [7, 11) is 0. The fraction of sp³-hybridized carbons (Fsp3) is 0.529. The van der Waals surface area contributed by atoms with Gasteiger partial charge in [0.25, 0.3) is 5.91 Å². The number of amides is 1. The van der Waals surface area contributed by atoms with Crippen LogP contribution < -0.4 is 11.1 Å². The van der Waals surface area contributed by atoms with Crippen LogP contribution in [0.1, 0.15) is 47.4 Å². The van der Waals surface area contributed by atoms with Crippen molar-refractivity contribution in [2.45, 2.75) is 45.6 Å². The lowest BCUT2D eigenvalue weighted by atomic mass is 9.84. The molecule has 2 atom stereocenters. The van der Waals surface area contributed by atoms with Gasteiger partial charge < -0.3 is 11.1 Å². The first-order chi connectivity index (χ1) is 11.1. The number of hydrogen-bond acceptors (Lipinski definition) is 4. The normalized spacial score (nSPS) is 19.6. The minimum absolute atomic E-state index is 0. The van der Waals surface area contributed by atoms with Gasteiger partial charge in [-0.25, -0.2) is 4.98 Å². The van der Waals surface area contributed by atoms with E-state index in [1.807, 2.05) is 29.9 Å². The molecule has 2 aromatic rings. The van der Waals surface area contributed by atoms with Crippen molar-refractivity contribution in [1.82, 2.24) is 14.9 Å². The van der Waals surface area contributed by atoms with Crippen LogP contribution in [0.3, 0.4) is 0 Å². The zero-order valence-corrected chi connectivity index (χ0v) is 17.0. The quantitative estimate of drug-likeness (QED) is 0.816. The Morgan fingerprint density at radius 2 is 2.08 bits per heavy atom. The maximum Gasteiger partial charge on any atom is 0.253 e. The number of carbonyl (C=O) groups excluding carboxylic acids is 1. The minimum atomic E-state index is 0. The number of carbonyl (C=O) groups is 1. The largest absolute Gasteiger partial charge is 0.349 e. The van der Waals surface area contributed by atoms with E-state index in [-0.39, 0.29) is 36.8 Å². The lowest BCUT2D eigenvalue weighted by molar-refractivity contribution is 0.0907. The van der Waals surface area contributed by atoms with Crippen LogP contribution in [0.25, 0.3) is 5.13 Å². The van der Waals surface area contributed by atoms with Gasteiger partial charge in [0.05, 0.1) is 5.56 Å². The van der Waals surface area contributed by atoms with E-state index in [9.17, 15) is 4.79 Å². The molecule has 1 saturated carbocycles. The van der Waals surface area contributed by atoms with E-state index < -0.39 is 0 Å². The Morgan fingerprint density at radius 1 is 1.36 bits per heavy atom. The molecular weight excluding hydrogens is 379 g/mol. The molecule has 1 aliphatic rings. The molecule has 2 heterocycles. The molecule has 0 spiro atoms. The summed E-state index contributed by atoms with van der Waals surface area (Å²) in [4.78, 5) is 17.1. The van der Waals surface area contributed by atoms with Gasteiger partial charge in [0.15, 0.2) is 5.13 Å². The first-order valence-corrected chi connectivity index (χ1v) is 9.09. The SMILES string of the molecule is Cc1cc(C(=O)NC2CCCCC2CN)c(C)n1-c1nccs1.Cl.Cl. The smallest absolute Gasteiger partial charge is 0.253 e. The molecule has 140 valence electrons. The van der Waals surface area contributed by atoms with Gasteiger partial charge in [-0.05, 0) is 45.2 Å². The van der Waals surface area contributed by atoms with Gasteiger partial charge in [0.1, 0.15) is 0 Å². The van der Waals surface area contributed by atoms with Crippen molar-refractivity contribution >= 4 is 42.1 Å². The first-order valence-electron chi connectivity index (χ1n) is 8.21. The van der Waals surface area contributed by atoms with Gasteiger partial charge in [-0.2, -0.15) is 0 Å². The Morgan fingerprint density at radius 3 is 2.72 bits per heavy atom. The maximum absolute atomic E-state index is 12.7. The fourth-order valence-corrected chi connectivity index (χ4v) is 4.29. The van der Waals surface area contributed by atoms with Gasteiger partial charge in [-0.15, -0.1) is 36.2 Å². The maximum atomic E-state index is 12.7. The van der Waals surface area contributed by atoms with E-state index in [0.717, 1.165) is 34.9 Å². The highest BCUT2D eigenvalue weighted by Gasteiger charge is 2.27. The molecule has 2 unspecified atom stereocenters. The molecule has 2 aromatic heterocycles. The molecule has 0 aromatic carbocycles. The molecule has 1 amide bonds. The van der Waals surface area contributed by atoms with Crippen molar-refractivity contribution in [2.75, 3.05) is 6.54 Å². The number of nitrogens with two attached hydrogens (primary N) is 1. The average molecular weight is 405 g/mol. The highest BCUT2D eigenvalue weighted by atomic mass is 35.5. The van der Waals surface area contributed by atoms with Crippen LogP contribution in [0.2, 0.25) is 0 Å². The van der Waals surface area contributed by atoms with E-state index in [4.69, 9.17) is 5.73 Å². The van der Waals surface area contributed by atoms with Crippen LogP contribution in [0, 0.1) is 19.8 Å². The summed E-state index contributed by atoms with van der Waals surface area (Å²) in [6.45, 7) is 4.63. The van der Waals surface area contributed by atoms with E-state index in [1.165, 1.54) is 12.8 Å². The lowest BCUT2D eigenvalue weighted by Gasteiger charge is -2.31. The van der Waals surface area contributed by atoms with E-state index in [1.54, 1.807) is 17.5 Å². The van der Waals surface area contributed by atoms with Crippen molar-refractivity contribution in [1.29, 1.82) is 0 Å². The Hall–Kier alpha value is -1.08. The second-order valence-corrected chi connectivity index (χ2v) is 7.17. The summed E-state index contributed by atoms with van der Waals surface area (Å²) in [5.41, 5.74) is 8.57. The molecule has 8 heteroatoms. The summed E-state index contributed by atoms with van der Waals surface area (Å²) >= 11 is 1.57. The van der Waals surface area contributed by atoms with Crippen LogP contribution in [-0.2, 0) is 0 Å².